The van der Waals surface area contributed by atoms with Gasteiger partial charge in [0.25, 0.3) is 5.91 Å². The maximum atomic E-state index is 13.7. The molecule has 5 rings (SSSR count). The minimum Gasteiger partial charge on any atom is -0.369 e. The van der Waals surface area contributed by atoms with E-state index in [0.717, 1.165) is 43.0 Å². The lowest BCUT2D eigenvalue weighted by molar-refractivity contribution is 0.0951. The van der Waals surface area contributed by atoms with Crippen LogP contribution >= 0.6 is 0 Å². The Hall–Kier alpha value is -3.52. The van der Waals surface area contributed by atoms with Crippen molar-refractivity contribution in [3.8, 4) is 0 Å². The molecule has 1 atom stereocenters. The van der Waals surface area contributed by atoms with E-state index >= 15 is 0 Å². The van der Waals surface area contributed by atoms with E-state index in [1.807, 2.05) is 30.3 Å². The summed E-state index contributed by atoms with van der Waals surface area (Å²) >= 11 is 0. The first-order chi connectivity index (χ1) is 18.7. The highest BCUT2D eigenvalue weighted by Crippen LogP contribution is 2.33. The van der Waals surface area contributed by atoms with E-state index in [4.69, 9.17) is 4.98 Å². The Morgan fingerprint density at radius 2 is 1.92 bits per heavy atom. The van der Waals surface area contributed by atoms with Gasteiger partial charge in [-0.1, -0.05) is 18.2 Å². The summed E-state index contributed by atoms with van der Waals surface area (Å²) in [5, 5.41) is 9.88. The van der Waals surface area contributed by atoms with Gasteiger partial charge in [0.1, 0.15) is 17.5 Å². The number of pyridine rings is 2. The highest BCUT2D eigenvalue weighted by atomic mass is 19.1. The van der Waals surface area contributed by atoms with Crippen LogP contribution in [0.4, 0.5) is 16.0 Å². The number of benzene rings is 1. The van der Waals surface area contributed by atoms with Gasteiger partial charge in [-0.25, -0.2) is 9.37 Å². The third-order valence-electron chi connectivity index (χ3n) is 7.67. The molecule has 0 spiro atoms. The number of nitrogens with one attached hydrogen (secondary N) is 3. The Balaban J connectivity index is 1.36. The Morgan fingerprint density at radius 3 is 2.74 bits per heavy atom. The number of aromatic nitrogens is 2. The minimum absolute atomic E-state index is 0.185. The van der Waals surface area contributed by atoms with Crippen LogP contribution in [0.25, 0.3) is 0 Å². The zero-order chi connectivity index (χ0) is 26.2. The zero-order valence-corrected chi connectivity index (χ0v) is 21.8. The molecular weight excluding hydrogens is 479 g/mol. The van der Waals surface area contributed by atoms with Crippen LogP contribution in [0, 0.1) is 11.7 Å². The number of halogens is 1. The lowest BCUT2D eigenvalue weighted by Gasteiger charge is -2.43. The largest absolute Gasteiger partial charge is 0.369 e. The van der Waals surface area contributed by atoms with E-state index < -0.39 is 0 Å². The fourth-order valence-corrected chi connectivity index (χ4v) is 5.69. The molecule has 0 radical (unpaired) electrons. The van der Waals surface area contributed by atoms with Gasteiger partial charge < -0.3 is 20.9 Å². The van der Waals surface area contributed by atoms with Crippen molar-refractivity contribution in [2.45, 2.75) is 51.1 Å². The van der Waals surface area contributed by atoms with Crippen molar-refractivity contribution in [1.82, 2.24) is 20.6 Å². The molecule has 1 aromatic carbocycles. The maximum absolute atomic E-state index is 13.7. The average Bonchev–Trinajstić information content (AvgIpc) is 2.97. The molecule has 3 aromatic rings. The molecule has 1 amide bonds. The highest BCUT2D eigenvalue weighted by Gasteiger charge is 2.32. The number of rotatable bonds is 9. The molecule has 0 saturated carbocycles. The van der Waals surface area contributed by atoms with Gasteiger partial charge in [0.05, 0.1) is 5.56 Å². The first kappa shape index (κ1) is 26.1. The molecule has 4 heterocycles. The van der Waals surface area contributed by atoms with Crippen LogP contribution in [0.3, 0.4) is 0 Å². The summed E-state index contributed by atoms with van der Waals surface area (Å²) < 4.78 is 13.7. The third-order valence-corrected chi connectivity index (χ3v) is 7.67. The molecule has 2 aliphatic rings. The van der Waals surface area contributed by atoms with Gasteiger partial charge in [0, 0.05) is 38.1 Å². The molecule has 0 bridgehead atoms. The quantitative estimate of drug-likeness (QED) is 0.387. The molecule has 7 nitrogen and oxygen atoms in total. The van der Waals surface area contributed by atoms with Gasteiger partial charge in [-0.3, -0.25) is 9.78 Å². The molecule has 2 aromatic heterocycles. The summed E-state index contributed by atoms with van der Waals surface area (Å²) in [5.41, 5.74) is 2.34. The Kier molecular flexibility index (Phi) is 8.81. The van der Waals surface area contributed by atoms with Gasteiger partial charge in [-0.15, -0.1) is 0 Å². The molecule has 2 fully saturated rings. The zero-order valence-electron chi connectivity index (χ0n) is 21.8. The van der Waals surface area contributed by atoms with Crippen molar-refractivity contribution in [2.24, 2.45) is 5.92 Å². The Labute approximate surface area is 224 Å². The second-order valence-corrected chi connectivity index (χ2v) is 10.3. The molecule has 200 valence electrons. The summed E-state index contributed by atoms with van der Waals surface area (Å²) in [7, 11) is 0. The molecule has 3 N–H and O–H groups in total. The number of nitrogens with zero attached hydrogens (tertiary/aromatic N) is 3. The van der Waals surface area contributed by atoms with Crippen molar-refractivity contribution < 1.29 is 9.18 Å². The fraction of sp³-hybridized carbons (Fsp3) is 0.433. The van der Waals surface area contributed by atoms with E-state index in [9.17, 15) is 9.18 Å². The van der Waals surface area contributed by atoms with E-state index in [0.29, 0.717) is 42.9 Å². The SMILES string of the molecule is O=C(NCc1cccnc1)c1ccc(N2CCCCC2C2CCNCC2)nc1NCCc1cccc(F)c1. The molecule has 8 heteroatoms. The topological polar surface area (TPSA) is 82.2 Å². The van der Waals surface area contributed by atoms with E-state index in [1.165, 1.54) is 31.7 Å². The first-order valence-electron chi connectivity index (χ1n) is 13.8. The molecule has 1 unspecified atom stereocenters. The number of hydrogen-bond donors (Lipinski definition) is 3. The summed E-state index contributed by atoms with van der Waals surface area (Å²) in [5.74, 6) is 1.72. The molecule has 38 heavy (non-hydrogen) atoms. The van der Waals surface area contributed by atoms with Crippen molar-refractivity contribution in [2.75, 3.05) is 36.4 Å². The van der Waals surface area contributed by atoms with Crippen LogP contribution < -0.4 is 20.9 Å². The summed E-state index contributed by atoms with van der Waals surface area (Å²) in [6.45, 7) is 4.06. The van der Waals surface area contributed by atoms with E-state index in [1.54, 1.807) is 24.5 Å². The number of piperidine rings is 2. The van der Waals surface area contributed by atoms with Crippen molar-refractivity contribution in [3.05, 3.63) is 83.4 Å². The number of carbonyl (C=O) groups is 1. The maximum Gasteiger partial charge on any atom is 0.255 e. The van der Waals surface area contributed by atoms with Crippen LogP contribution in [0.2, 0.25) is 0 Å². The van der Waals surface area contributed by atoms with Crippen molar-refractivity contribution >= 4 is 17.5 Å². The van der Waals surface area contributed by atoms with Gasteiger partial charge >= 0.3 is 0 Å². The molecular formula is C30H37FN6O. The minimum atomic E-state index is -0.243. The van der Waals surface area contributed by atoms with Crippen molar-refractivity contribution in [3.63, 3.8) is 0 Å². The molecule has 0 aliphatic carbocycles. The second-order valence-electron chi connectivity index (χ2n) is 10.3. The van der Waals surface area contributed by atoms with E-state index in [-0.39, 0.29) is 11.7 Å². The van der Waals surface area contributed by atoms with Crippen LogP contribution in [-0.2, 0) is 13.0 Å². The predicted molar refractivity (Wildman–Crippen MR) is 149 cm³/mol. The predicted octanol–water partition coefficient (Wildman–Crippen LogP) is 4.56. The van der Waals surface area contributed by atoms with Crippen LogP contribution in [0.15, 0.2) is 60.9 Å². The van der Waals surface area contributed by atoms with Gasteiger partial charge in [0.2, 0.25) is 0 Å². The normalized spacial score (nSPS) is 18.2. The van der Waals surface area contributed by atoms with E-state index in [2.05, 4.69) is 25.8 Å². The second kappa shape index (κ2) is 12.8. The highest BCUT2D eigenvalue weighted by molar-refractivity contribution is 5.99. The summed E-state index contributed by atoms with van der Waals surface area (Å²) in [4.78, 5) is 24.8. The fourth-order valence-electron chi connectivity index (χ4n) is 5.69. The first-order valence-corrected chi connectivity index (χ1v) is 13.8. The number of hydrogen-bond acceptors (Lipinski definition) is 6. The average molecular weight is 517 g/mol. The van der Waals surface area contributed by atoms with Crippen molar-refractivity contribution in [1.29, 1.82) is 0 Å². The Bertz CT molecular complexity index is 1200. The summed E-state index contributed by atoms with van der Waals surface area (Å²) in [6, 6.07) is 14.8. The lowest BCUT2D eigenvalue weighted by atomic mass is 9.84. The third kappa shape index (κ3) is 6.67. The smallest absolute Gasteiger partial charge is 0.255 e. The molecule has 2 aliphatic heterocycles. The number of amides is 1. The van der Waals surface area contributed by atoms with Crippen LogP contribution in [0.1, 0.15) is 53.6 Å². The van der Waals surface area contributed by atoms with Crippen LogP contribution in [0.5, 0.6) is 0 Å². The van der Waals surface area contributed by atoms with Gasteiger partial charge in [-0.2, -0.15) is 0 Å². The number of carbonyl (C=O) groups excluding carboxylic acids is 1. The Morgan fingerprint density at radius 1 is 1.05 bits per heavy atom. The van der Waals surface area contributed by atoms with Crippen LogP contribution in [-0.4, -0.2) is 48.1 Å². The monoisotopic (exact) mass is 516 g/mol. The molecule has 2 saturated heterocycles. The standard InChI is InChI=1S/C30H37FN6O/c31-25-7-3-5-22(19-25)11-17-34-29-26(30(38)35-21-23-6-4-14-33-20-23)9-10-28(36-29)37-18-2-1-8-27(37)24-12-15-32-16-13-24/h3-7,9-10,14,19-20,24,27,32H,1-2,8,11-13,15-18,21H2,(H,34,36)(H,35,38). The lowest BCUT2D eigenvalue weighted by Crippen LogP contribution is -2.47. The van der Waals surface area contributed by atoms with Gasteiger partial charge in [0.15, 0.2) is 0 Å². The summed E-state index contributed by atoms with van der Waals surface area (Å²) in [6.07, 6.45) is 10.0. The number of anilines is 2. The van der Waals surface area contributed by atoms with Gasteiger partial charge in [-0.05, 0) is 99.0 Å².